The summed E-state index contributed by atoms with van der Waals surface area (Å²) in [7, 11) is -2.86. The first-order valence-electron chi connectivity index (χ1n) is 6.30. The van der Waals surface area contributed by atoms with Gasteiger partial charge in [-0.15, -0.1) is 11.8 Å². The van der Waals surface area contributed by atoms with Crippen LogP contribution in [0.5, 0.6) is 0 Å². The molecular weight excluding hydrogens is 278 g/mol. The van der Waals surface area contributed by atoms with Crippen LogP contribution in [0.25, 0.3) is 0 Å². The molecule has 0 atom stereocenters. The summed E-state index contributed by atoms with van der Waals surface area (Å²) in [5.74, 6) is 0.837. The van der Waals surface area contributed by atoms with E-state index in [2.05, 4.69) is 38.2 Å². The van der Waals surface area contributed by atoms with Crippen molar-refractivity contribution >= 4 is 21.6 Å². The van der Waals surface area contributed by atoms with Gasteiger partial charge in [0.2, 0.25) is 0 Å². The fourth-order valence-electron chi connectivity index (χ4n) is 1.38. The highest BCUT2D eigenvalue weighted by Gasteiger charge is 2.08. The topological polar surface area (TPSA) is 46.2 Å². The highest BCUT2D eigenvalue weighted by atomic mass is 32.2. The van der Waals surface area contributed by atoms with Crippen molar-refractivity contribution in [3.05, 3.63) is 29.8 Å². The maximum atomic E-state index is 11.0. The van der Waals surface area contributed by atoms with E-state index < -0.39 is 9.84 Å². The lowest BCUT2D eigenvalue weighted by Gasteiger charge is -2.20. The van der Waals surface area contributed by atoms with E-state index in [4.69, 9.17) is 0 Å². The molecular formula is C14H23NO2S2. The normalized spacial score (nSPS) is 12.6. The smallest absolute Gasteiger partial charge is 0.148 e. The Morgan fingerprint density at radius 1 is 1.16 bits per heavy atom. The van der Waals surface area contributed by atoms with Crippen LogP contribution in [-0.2, 0) is 16.4 Å². The van der Waals surface area contributed by atoms with E-state index in [9.17, 15) is 8.42 Å². The van der Waals surface area contributed by atoms with Gasteiger partial charge in [0.05, 0.1) is 5.75 Å². The van der Waals surface area contributed by atoms with Crippen molar-refractivity contribution in [3.8, 4) is 0 Å². The van der Waals surface area contributed by atoms with E-state index in [1.54, 1.807) is 11.8 Å². The van der Waals surface area contributed by atoms with Crippen LogP contribution in [0.15, 0.2) is 29.2 Å². The molecule has 0 aromatic heterocycles. The van der Waals surface area contributed by atoms with Crippen LogP contribution in [0.3, 0.4) is 0 Å². The third kappa shape index (κ3) is 8.29. The molecule has 0 saturated heterocycles. The molecule has 0 aliphatic carbocycles. The van der Waals surface area contributed by atoms with E-state index in [-0.39, 0.29) is 11.3 Å². The molecule has 1 aromatic carbocycles. The zero-order valence-electron chi connectivity index (χ0n) is 12.1. The van der Waals surface area contributed by atoms with Crippen LogP contribution in [0.1, 0.15) is 26.3 Å². The first kappa shape index (κ1) is 16.5. The molecule has 0 spiro atoms. The highest BCUT2D eigenvalue weighted by Crippen LogP contribution is 2.18. The number of nitrogens with one attached hydrogen (secondary N) is 1. The number of benzene rings is 1. The van der Waals surface area contributed by atoms with Crippen molar-refractivity contribution < 1.29 is 8.42 Å². The summed E-state index contributed by atoms with van der Waals surface area (Å²) in [6.07, 6.45) is 1.27. The van der Waals surface area contributed by atoms with Crippen LogP contribution in [0, 0.1) is 0 Å². The first-order chi connectivity index (χ1) is 8.66. The predicted molar refractivity (Wildman–Crippen MR) is 83.5 cm³/mol. The van der Waals surface area contributed by atoms with Gasteiger partial charge in [-0.3, -0.25) is 0 Å². The molecule has 0 aliphatic heterocycles. The van der Waals surface area contributed by atoms with Gasteiger partial charge in [0, 0.05) is 29.0 Å². The Labute approximate surface area is 121 Å². The third-order valence-electron chi connectivity index (χ3n) is 2.47. The van der Waals surface area contributed by atoms with E-state index >= 15 is 0 Å². The van der Waals surface area contributed by atoms with Gasteiger partial charge in [-0.2, -0.15) is 0 Å². The van der Waals surface area contributed by atoms with Crippen molar-refractivity contribution in [2.45, 2.75) is 37.8 Å². The Hall–Kier alpha value is -0.520. The van der Waals surface area contributed by atoms with Crippen molar-refractivity contribution in [3.63, 3.8) is 0 Å². The summed E-state index contributed by atoms with van der Waals surface area (Å²) < 4.78 is 22.1. The van der Waals surface area contributed by atoms with Crippen molar-refractivity contribution in [2.24, 2.45) is 0 Å². The summed E-state index contributed by atoms with van der Waals surface area (Å²) in [4.78, 5) is 1.11. The van der Waals surface area contributed by atoms with E-state index in [1.807, 2.05) is 12.1 Å². The second-order valence-electron chi connectivity index (χ2n) is 5.73. The predicted octanol–water partition coefficient (Wildman–Crippen LogP) is 2.71. The molecule has 1 aromatic rings. The van der Waals surface area contributed by atoms with Gasteiger partial charge in [0.25, 0.3) is 0 Å². The molecule has 108 valence electrons. The van der Waals surface area contributed by atoms with Crippen LogP contribution < -0.4 is 5.32 Å². The number of thioether (sulfide) groups is 1. The Balaban J connectivity index is 2.43. The second-order valence-corrected chi connectivity index (χ2v) is 9.15. The molecule has 0 aliphatic rings. The van der Waals surface area contributed by atoms with Crippen molar-refractivity contribution in [1.82, 2.24) is 5.32 Å². The van der Waals surface area contributed by atoms with Gasteiger partial charge >= 0.3 is 0 Å². The molecule has 0 bridgehead atoms. The molecule has 0 heterocycles. The quantitative estimate of drug-likeness (QED) is 0.821. The minimum atomic E-state index is -2.86. The SMILES string of the molecule is CC(C)(C)NCc1ccc(SCCS(C)(=O)=O)cc1. The van der Waals surface area contributed by atoms with Crippen LogP contribution in [0.2, 0.25) is 0 Å². The summed E-state index contributed by atoms with van der Waals surface area (Å²) in [6, 6.07) is 8.27. The fraction of sp³-hybridized carbons (Fsp3) is 0.571. The van der Waals surface area contributed by atoms with Gasteiger partial charge in [0.1, 0.15) is 9.84 Å². The van der Waals surface area contributed by atoms with Gasteiger partial charge in [-0.25, -0.2) is 8.42 Å². The molecule has 0 amide bonds. The molecule has 19 heavy (non-hydrogen) atoms. The summed E-state index contributed by atoms with van der Waals surface area (Å²) >= 11 is 1.58. The molecule has 3 nitrogen and oxygen atoms in total. The molecule has 0 fully saturated rings. The Morgan fingerprint density at radius 3 is 2.21 bits per heavy atom. The average Bonchev–Trinajstić information content (AvgIpc) is 2.25. The second kappa shape index (κ2) is 6.77. The van der Waals surface area contributed by atoms with E-state index in [1.165, 1.54) is 11.8 Å². The number of rotatable bonds is 6. The van der Waals surface area contributed by atoms with Gasteiger partial charge < -0.3 is 5.32 Å². The lowest BCUT2D eigenvalue weighted by Crippen LogP contribution is -2.35. The summed E-state index contributed by atoms with van der Waals surface area (Å²) in [5.41, 5.74) is 1.35. The fourth-order valence-corrected chi connectivity index (χ4v) is 3.49. The Kier molecular flexibility index (Phi) is 5.89. The minimum Gasteiger partial charge on any atom is -0.308 e. The number of hydrogen-bond acceptors (Lipinski definition) is 4. The monoisotopic (exact) mass is 301 g/mol. The number of hydrogen-bond donors (Lipinski definition) is 1. The summed E-state index contributed by atoms with van der Waals surface area (Å²) in [5, 5.41) is 3.43. The number of sulfone groups is 1. The van der Waals surface area contributed by atoms with Gasteiger partial charge in [-0.05, 0) is 38.5 Å². The van der Waals surface area contributed by atoms with Crippen LogP contribution >= 0.6 is 11.8 Å². The summed E-state index contributed by atoms with van der Waals surface area (Å²) in [6.45, 7) is 7.27. The lowest BCUT2D eigenvalue weighted by molar-refractivity contribution is 0.424. The Bertz CT molecular complexity index is 487. The Morgan fingerprint density at radius 2 is 1.74 bits per heavy atom. The van der Waals surface area contributed by atoms with E-state index in [0.717, 1.165) is 11.4 Å². The maximum absolute atomic E-state index is 11.0. The molecule has 5 heteroatoms. The molecule has 0 unspecified atom stereocenters. The van der Waals surface area contributed by atoms with E-state index in [0.29, 0.717) is 5.75 Å². The standard InChI is InChI=1S/C14H23NO2S2/c1-14(2,3)15-11-12-5-7-13(8-6-12)18-9-10-19(4,16)17/h5-8,15H,9-11H2,1-4H3. The molecule has 1 rings (SSSR count). The maximum Gasteiger partial charge on any atom is 0.148 e. The zero-order valence-corrected chi connectivity index (χ0v) is 13.7. The zero-order chi connectivity index (χ0) is 14.5. The van der Waals surface area contributed by atoms with Crippen LogP contribution in [-0.4, -0.2) is 31.7 Å². The van der Waals surface area contributed by atoms with Crippen molar-refractivity contribution in [1.29, 1.82) is 0 Å². The molecule has 1 N–H and O–H groups in total. The molecule has 0 saturated carbocycles. The van der Waals surface area contributed by atoms with Crippen LogP contribution in [0.4, 0.5) is 0 Å². The van der Waals surface area contributed by atoms with Crippen molar-refractivity contribution in [2.75, 3.05) is 17.8 Å². The molecule has 0 radical (unpaired) electrons. The van der Waals surface area contributed by atoms with Gasteiger partial charge in [0.15, 0.2) is 0 Å². The first-order valence-corrected chi connectivity index (χ1v) is 9.35. The minimum absolute atomic E-state index is 0.114. The average molecular weight is 301 g/mol. The lowest BCUT2D eigenvalue weighted by atomic mass is 10.1. The third-order valence-corrected chi connectivity index (χ3v) is 4.69. The van der Waals surface area contributed by atoms with Gasteiger partial charge in [-0.1, -0.05) is 12.1 Å². The highest BCUT2D eigenvalue weighted by molar-refractivity contribution is 8.00. The largest absolute Gasteiger partial charge is 0.308 e.